The highest BCUT2D eigenvalue weighted by Crippen LogP contribution is 2.22. The molecule has 3 nitrogen and oxygen atoms in total. The standard InChI is InChI=1S/C14H28N2O/c1-11(2)9-12-10-15-7-6-8-16(12)13(17)14(3,4)5/h11-12,15H,6-10H2,1-5H3. The Hall–Kier alpha value is -0.570. The van der Waals surface area contributed by atoms with E-state index in [4.69, 9.17) is 0 Å². The Bertz CT molecular complexity index is 255. The Morgan fingerprint density at radius 3 is 2.59 bits per heavy atom. The van der Waals surface area contributed by atoms with Gasteiger partial charge in [0.25, 0.3) is 0 Å². The van der Waals surface area contributed by atoms with E-state index >= 15 is 0 Å². The van der Waals surface area contributed by atoms with Crippen LogP contribution >= 0.6 is 0 Å². The molecule has 1 amide bonds. The smallest absolute Gasteiger partial charge is 0.228 e. The maximum absolute atomic E-state index is 12.5. The van der Waals surface area contributed by atoms with Gasteiger partial charge in [-0.25, -0.2) is 0 Å². The fourth-order valence-electron chi connectivity index (χ4n) is 2.39. The highest BCUT2D eigenvalue weighted by molar-refractivity contribution is 5.81. The molecule has 1 unspecified atom stereocenters. The first-order valence-corrected chi connectivity index (χ1v) is 6.84. The second-order valence-electron chi connectivity index (χ2n) is 6.59. The van der Waals surface area contributed by atoms with Crippen LogP contribution in [-0.4, -0.2) is 36.5 Å². The van der Waals surface area contributed by atoms with E-state index in [-0.39, 0.29) is 5.41 Å². The van der Waals surface area contributed by atoms with Crippen LogP contribution in [0.5, 0.6) is 0 Å². The monoisotopic (exact) mass is 240 g/mol. The SMILES string of the molecule is CC(C)CC1CNCCCN1C(=O)C(C)(C)C. The summed E-state index contributed by atoms with van der Waals surface area (Å²) in [6, 6.07) is 0.365. The topological polar surface area (TPSA) is 32.3 Å². The van der Waals surface area contributed by atoms with E-state index in [2.05, 4.69) is 24.1 Å². The second kappa shape index (κ2) is 5.85. The molecule has 3 heteroatoms. The fourth-order valence-corrected chi connectivity index (χ4v) is 2.39. The lowest BCUT2D eigenvalue weighted by Gasteiger charge is -2.35. The summed E-state index contributed by atoms with van der Waals surface area (Å²) in [4.78, 5) is 14.6. The number of nitrogens with zero attached hydrogens (tertiary/aromatic N) is 1. The van der Waals surface area contributed by atoms with E-state index in [1.165, 1.54) is 0 Å². The summed E-state index contributed by atoms with van der Waals surface area (Å²) in [5.41, 5.74) is -0.264. The predicted octanol–water partition coefficient (Wildman–Crippen LogP) is 2.27. The van der Waals surface area contributed by atoms with E-state index in [0.29, 0.717) is 17.9 Å². The molecule has 0 aliphatic carbocycles. The van der Waals surface area contributed by atoms with Crippen molar-refractivity contribution in [2.24, 2.45) is 11.3 Å². The maximum atomic E-state index is 12.5. The summed E-state index contributed by atoms with van der Waals surface area (Å²) in [5, 5.41) is 3.45. The Balaban J connectivity index is 2.78. The molecule has 0 aromatic heterocycles. The van der Waals surface area contributed by atoms with Gasteiger partial charge in [0.05, 0.1) is 0 Å². The van der Waals surface area contributed by atoms with Crippen molar-refractivity contribution >= 4 is 5.91 Å². The molecule has 100 valence electrons. The van der Waals surface area contributed by atoms with Crippen molar-refractivity contribution in [1.82, 2.24) is 10.2 Å². The maximum Gasteiger partial charge on any atom is 0.228 e. The summed E-state index contributed by atoms with van der Waals surface area (Å²) in [6.07, 6.45) is 2.16. The van der Waals surface area contributed by atoms with Crippen LogP contribution < -0.4 is 5.32 Å². The molecule has 0 radical (unpaired) electrons. The molecule has 0 aromatic carbocycles. The van der Waals surface area contributed by atoms with Gasteiger partial charge in [0.1, 0.15) is 0 Å². The van der Waals surface area contributed by atoms with Crippen LogP contribution in [0, 0.1) is 11.3 Å². The fraction of sp³-hybridized carbons (Fsp3) is 0.929. The van der Waals surface area contributed by atoms with Gasteiger partial charge in [-0.15, -0.1) is 0 Å². The zero-order valence-corrected chi connectivity index (χ0v) is 12.0. The average molecular weight is 240 g/mol. The quantitative estimate of drug-likeness (QED) is 0.803. The Labute approximate surface area is 106 Å². The Morgan fingerprint density at radius 2 is 2.06 bits per heavy atom. The largest absolute Gasteiger partial charge is 0.338 e. The highest BCUT2D eigenvalue weighted by atomic mass is 16.2. The molecule has 1 aliphatic heterocycles. The van der Waals surface area contributed by atoms with E-state index in [1.54, 1.807) is 0 Å². The number of hydrogen-bond acceptors (Lipinski definition) is 2. The number of rotatable bonds is 2. The Morgan fingerprint density at radius 1 is 1.41 bits per heavy atom. The predicted molar refractivity (Wildman–Crippen MR) is 71.9 cm³/mol. The minimum Gasteiger partial charge on any atom is -0.338 e. The molecule has 1 N–H and O–H groups in total. The van der Waals surface area contributed by atoms with E-state index in [0.717, 1.165) is 32.5 Å². The van der Waals surface area contributed by atoms with Gasteiger partial charge in [-0.2, -0.15) is 0 Å². The van der Waals surface area contributed by atoms with Crippen LogP contribution in [0.3, 0.4) is 0 Å². The van der Waals surface area contributed by atoms with Crippen molar-refractivity contribution in [3.8, 4) is 0 Å². The first-order chi connectivity index (χ1) is 7.82. The second-order valence-corrected chi connectivity index (χ2v) is 6.59. The zero-order valence-electron chi connectivity index (χ0n) is 12.0. The first-order valence-electron chi connectivity index (χ1n) is 6.84. The minimum absolute atomic E-state index is 0.264. The Kier molecular flexibility index (Phi) is 4.99. The number of hydrogen-bond donors (Lipinski definition) is 1. The number of carbonyl (C=O) groups is 1. The van der Waals surface area contributed by atoms with E-state index in [1.807, 2.05) is 20.8 Å². The molecule has 1 heterocycles. The van der Waals surface area contributed by atoms with Gasteiger partial charge in [0, 0.05) is 24.5 Å². The average Bonchev–Trinajstić information content (AvgIpc) is 2.40. The van der Waals surface area contributed by atoms with Crippen LogP contribution in [0.25, 0.3) is 0 Å². The molecule has 0 bridgehead atoms. The van der Waals surface area contributed by atoms with Crippen LogP contribution in [-0.2, 0) is 4.79 Å². The van der Waals surface area contributed by atoms with Gasteiger partial charge in [0.2, 0.25) is 5.91 Å². The molecule has 1 saturated heterocycles. The molecule has 0 spiro atoms. The number of nitrogens with one attached hydrogen (secondary N) is 1. The van der Waals surface area contributed by atoms with Gasteiger partial charge < -0.3 is 10.2 Å². The lowest BCUT2D eigenvalue weighted by molar-refractivity contribution is -0.141. The third-order valence-electron chi connectivity index (χ3n) is 3.22. The normalized spacial score (nSPS) is 22.7. The lowest BCUT2D eigenvalue weighted by Crippen LogP contribution is -2.48. The zero-order chi connectivity index (χ0) is 13.1. The van der Waals surface area contributed by atoms with Crippen LogP contribution in [0.2, 0.25) is 0 Å². The van der Waals surface area contributed by atoms with Gasteiger partial charge in [-0.3, -0.25) is 4.79 Å². The number of amides is 1. The van der Waals surface area contributed by atoms with Crippen LogP contribution in [0.15, 0.2) is 0 Å². The molecular weight excluding hydrogens is 212 g/mol. The third-order valence-corrected chi connectivity index (χ3v) is 3.22. The van der Waals surface area contributed by atoms with Crippen molar-refractivity contribution in [3.05, 3.63) is 0 Å². The summed E-state index contributed by atoms with van der Waals surface area (Å²) >= 11 is 0. The molecule has 0 aromatic rings. The molecule has 1 atom stereocenters. The van der Waals surface area contributed by atoms with Crippen molar-refractivity contribution in [3.63, 3.8) is 0 Å². The van der Waals surface area contributed by atoms with E-state index < -0.39 is 0 Å². The molecular formula is C14H28N2O. The first kappa shape index (κ1) is 14.5. The highest BCUT2D eigenvalue weighted by Gasteiger charge is 2.32. The third kappa shape index (κ3) is 4.30. The molecule has 1 fully saturated rings. The molecule has 0 saturated carbocycles. The van der Waals surface area contributed by atoms with Crippen LogP contribution in [0.4, 0.5) is 0 Å². The number of carbonyl (C=O) groups excluding carboxylic acids is 1. The summed E-state index contributed by atoms with van der Waals surface area (Å²) in [7, 11) is 0. The van der Waals surface area contributed by atoms with Crippen molar-refractivity contribution in [2.75, 3.05) is 19.6 Å². The summed E-state index contributed by atoms with van der Waals surface area (Å²) in [5.74, 6) is 0.932. The molecule has 1 aliphatic rings. The van der Waals surface area contributed by atoms with Crippen molar-refractivity contribution < 1.29 is 4.79 Å². The van der Waals surface area contributed by atoms with Gasteiger partial charge in [-0.1, -0.05) is 34.6 Å². The van der Waals surface area contributed by atoms with Crippen molar-refractivity contribution in [1.29, 1.82) is 0 Å². The molecule has 1 rings (SSSR count). The van der Waals surface area contributed by atoms with Gasteiger partial charge >= 0.3 is 0 Å². The van der Waals surface area contributed by atoms with Gasteiger partial charge in [-0.05, 0) is 25.3 Å². The minimum atomic E-state index is -0.264. The van der Waals surface area contributed by atoms with E-state index in [9.17, 15) is 4.79 Å². The summed E-state index contributed by atoms with van der Waals surface area (Å²) in [6.45, 7) is 13.4. The van der Waals surface area contributed by atoms with Crippen molar-refractivity contribution in [2.45, 2.75) is 53.5 Å². The molecule has 17 heavy (non-hydrogen) atoms. The lowest BCUT2D eigenvalue weighted by atomic mass is 9.92. The summed E-state index contributed by atoms with van der Waals surface area (Å²) < 4.78 is 0. The van der Waals surface area contributed by atoms with Gasteiger partial charge in [0.15, 0.2) is 0 Å². The van der Waals surface area contributed by atoms with Crippen LogP contribution in [0.1, 0.15) is 47.5 Å².